The van der Waals surface area contributed by atoms with Crippen LogP contribution in [0.5, 0.6) is 0 Å². The van der Waals surface area contributed by atoms with Crippen molar-refractivity contribution in [3.8, 4) is 0 Å². The number of pyridine rings is 1. The molecule has 2 nitrogen and oxygen atoms in total. The van der Waals surface area contributed by atoms with Gasteiger partial charge in [0.2, 0.25) is 5.95 Å². The van der Waals surface area contributed by atoms with E-state index in [2.05, 4.69) is 20.9 Å². The van der Waals surface area contributed by atoms with E-state index in [1.54, 1.807) is 13.0 Å². The normalized spacial score (nSPS) is 9.73. The molecule has 0 saturated heterocycles. The SMILES string of the molecule is Cc1cc(Br)nc(F)c1C=O. The molecule has 0 aliphatic heterocycles. The Balaban J connectivity index is 3.36. The van der Waals surface area contributed by atoms with Crippen molar-refractivity contribution in [1.82, 2.24) is 4.98 Å². The van der Waals surface area contributed by atoms with E-state index in [4.69, 9.17) is 0 Å². The minimum absolute atomic E-state index is 0.0215. The van der Waals surface area contributed by atoms with E-state index in [1.807, 2.05) is 0 Å². The van der Waals surface area contributed by atoms with E-state index in [9.17, 15) is 9.18 Å². The molecule has 0 saturated carbocycles. The van der Waals surface area contributed by atoms with Crippen molar-refractivity contribution in [3.05, 3.63) is 27.7 Å². The van der Waals surface area contributed by atoms with Crippen LogP contribution in [0.3, 0.4) is 0 Å². The van der Waals surface area contributed by atoms with E-state index in [0.29, 0.717) is 16.5 Å². The highest BCUT2D eigenvalue weighted by Crippen LogP contribution is 2.14. The number of rotatable bonds is 1. The standard InChI is InChI=1S/C7H5BrFNO/c1-4-2-6(8)10-7(9)5(4)3-11/h2-3H,1H3. The highest BCUT2D eigenvalue weighted by molar-refractivity contribution is 9.10. The molecule has 0 fully saturated rings. The van der Waals surface area contributed by atoms with Gasteiger partial charge in [-0.05, 0) is 34.5 Å². The quantitative estimate of drug-likeness (QED) is 0.533. The Labute approximate surface area is 71.6 Å². The molecule has 1 aromatic rings. The van der Waals surface area contributed by atoms with Crippen LogP contribution in [0, 0.1) is 12.9 Å². The van der Waals surface area contributed by atoms with E-state index in [-0.39, 0.29) is 5.56 Å². The second-order valence-electron chi connectivity index (χ2n) is 2.08. The molecule has 0 bridgehead atoms. The Bertz CT molecular complexity index is 277. The number of hydrogen-bond donors (Lipinski definition) is 0. The largest absolute Gasteiger partial charge is 0.298 e. The van der Waals surface area contributed by atoms with Crippen molar-refractivity contribution in [2.75, 3.05) is 0 Å². The van der Waals surface area contributed by atoms with Crippen LogP contribution in [-0.4, -0.2) is 11.3 Å². The van der Waals surface area contributed by atoms with Crippen molar-refractivity contribution < 1.29 is 9.18 Å². The van der Waals surface area contributed by atoms with Gasteiger partial charge in [-0.25, -0.2) is 4.98 Å². The summed E-state index contributed by atoms with van der Waals surface area (Å²) in [6.45, 7) is 1.65. The number of nitrogens with zero attached hydrogens (tertiary/aromatic N) is 1. The Morgan fingerprint density at radius 1 is 1.73 bits per heavy atom. The molecule has 0 aromatic carbocycles. The number of carbonyl (C=O) groups is 1. The number of carbonyl (C=O) groups excluding carboxylic acids is 1. The van der Waals surface area contributed by atoms with Crippen LogP contribution in [-0.2, 0) is 0 Å². The van der Waals surface area contributed by atoms with Crippen LogP contribution in [0.1, 0.15) is 15.9 Å². The van der Waals surface area contributed by atoms with Gasteiger partial charge in [-0.1, -0.05) is 0 Å². The molecular formula is C7H5BrFNO. The summed E-state index contributed by atoms with van der Waals surface area (Å²) in [5, 5.41) is 0. The summed E-state index contributed by atoms with van der Waals surface area (Å²) < 4.78 is 13.1. The van der Waals surface area contributed by atoms with Gasteiger partial charge < -0.3 is 0 Å². The highest BCUT2D eigenvalue weighted by Gasteiger charge is 2.06. The molecule has 0 aliphatic rings. The van der Waals surface area contributed by atoms with Gasteiger partial charge in [0.1, 0.15) is 4.60 Å². The molecule has 0 unspecified atom stereocenters. The van der Waals surface area contributed by atoms with Crippen molar-refractivity contribution in [3.63, 3.8) is 0 Å². The van der Waals surface area contributed by atoms with Crippen LogP contribution < -0.4 is 0 Å². The lowest BCUT2D eigenvalue weighted by atomic mass is 10.2. The van der Waals surface area contributed by atoms with Gasteiger partial charge in [0.05, 0.1) is 5.56 Å². The Kier molecular flexibility index (Phi) is 2.34. The zero-order valence-electron chi connectivity index (χ0n) is 5.77. The highest BCUT2D eigenvalue weighted by atomic mass is 79.9. The van der Waals surface area contributed by atoms with Crippen LogP contribution >= 0.6 is 15.9 Å². The molecule has 0 spiro atoms. The topological polar surface area (TPSA) is 30.0 Å². The molecule has 0 radical (unpaired) electrons. The van der Waals surface area contributed by atoms with Gasteiger partial charge in [0.25, 0.3) is 0 Å². The first-order valence-corrected chi connectivity index (χ1v) is 3.72. The molecule has 58 valence electrons. The molecule has 1 rings (SSSR count). The van der Waals surface area contributed by atoms with Crippen molar-refractivity contribution >= 4 is 22.2 Å². The van der Waals surface area contributed by atoms with Gasteiger partial charge >= 0.3 is 0 Å². The first kappa shape index (κ1) is 8.33. The van der Waals surface area contributed by atoms with Gasteiger partial charge in [0, 0.05) is 0 Å². The van der Waals surface area contributed by atoms with Crippen LogP contribution in [0.25, 0.3) is 0 Å². The van der Waals surface area contributed by atoms with Crippen molar-refractivity contribution in [2.45, 2.75) is 6.92 Å². The molecule has 1 aromatic heterocycles. The Morgan fingerprint density at radius 3 is 2.82 bits per heavy atom. The van der Waals surface area contributed by atoms with E-state index in [0.717, 1.165) is 0 Å². The summed E-state index contributed by atoms with van der Waals surface area (Å²) in [6.07, 6.45) is 0.462. The van der Waals surface area contributed by atoms with Crippen LogP contribution in [0.15, 0.2) is 10.7 Å². The molecule has 0 aliphatic carbocycles. The molecule has 4 heteroatoms. The zero-order valence-corrected chi connectivity index (χ0v) is 7.35. The Morgan fingerprint density at radius 2 is 2.36 bits per heavy atom. The third-order valence-corrected chi connectivity index (χ3v) is 1.71. The molecule has 1 heterocycles. The van der Waals surface area contributed by atoms with Crippen LogP contribution in [0.4, 0.5) is 4.39 Å². The summed E-state index contributed by atoms with van der Waals surface area (Å²) in [4.78, 5) is 13.7. The minimum Gasteiger partial charge on any atom is -0.298 e. The fourth-order valence-electron chi connectivity index (χ4n) is 0.747. The zero-order chi connectivity index (χ0) is 8.43. The monoisotopic (exact) mass is 217 g/mol. The Hall–Kier alpha value is -0.770. The first-order valence-electron chi connectivity index (χ1n) is 2.93. The lowest BCUT2D eigenvalue weighted by Gasteiger charge is -1.98. The fraction of sp³-hybridized carbons (Fsp3) is 0.143. The molecule has 0 amide bonds. The predicted molar refractivity (Wildman–Crippen MR) is 42.0 cm³/mol. The third-order valence-electron chi connectivity index (χ3n) is 1.31. The summed E-state index contributed by atoms with van der Waals surface area (Å²) in [5.41, 5.74) is 0.604. The number of halogens is 2. The van der Waals surface area contributed by atoms with Crippen LogP contribution in [0.2, 0.25) is 0 Å². The lowest BCUT2D eigenvalue weighted by Crippen LogP contribution is -1.96. The summed E-state index contributed by atoms with van der Waals surface area (Å²) >= 11 is 3.01. The minimum atomic E-state index is -0.730. The smallest absolute Gasteiger partial charge is 0.224 e. The summed E-state index contributed by atoms with van der Waals surface area (Å²) in [6, 6.07) is 1.59. The fourth-order valence-corrected chi connectivity index (χ4v) is 1.25. The second-order valence-corrected chi connectivity index (χ2v) is 2.90. The summed E-state index contributed by atoms with van der Waals surface area (Å²) in [5.74, 6) is -0.730. The maximum absolute atomic E-state index is 12.7. The van der Waals surface area contributed by atoms with Crippen molar-refractivity contribution in [1.29, 1.82) is 0 Å². The number of aromatic nitrogens is 1. The molecule has 0 N–H and O–H groups in total. The van der Waals surface area contributed by atoms with Gasteiger partial charge in [0.15, 0.2) is 6.29 Å². The average Bonchev–Trinajstić information content (AvgIpc) is 1.85. The lowest BCUT2D eigenvalue weighted by molar-refractivity contribution is 0.111. The van der Waals surface area contributed by atoms with Gasteiger partial charge in [-0.15, -0.1) is 0 Å². The van der Waals surface area contributed by atoms with Gasteiger partial charge in [-0.3, -0.25) is 4.79 Å². The predicted octanol–water partition coefficient (Wildman–Crippen LogP) is 2.10. The van der Waals surface area contributed by atoms with E-state index >= 15 is 0 Å². The van der Waals surface area contributed by atoms with E-state index < -0.39 is 5.95 Å². The first-order chi connectivity index (χ1) is 5.15. The molecule has 11 heavy (non-hydrogen) atoms. The molecule has 0 atom stereocenters. The second kappa shape index (κ2) is 3.09. The summed E-state index contributed by atoms with van der Waals surface area (Å²) in [7, 11) is 0. The van der Waals surface area contributed by atoms with Crippen molar-refractivity contribution in [2.24, 2.45) is 0 Å². The van der Waals surface area contributed by atoms with Gasteiger partial charge in [-0.2, -0.15) is 4.39 Å². The number of hydrogen-bond acceptors (Lipinski definition) is 2. The van der Waals surface area contributed by atoms with E-state index in [1.165, 1.54) is 0 Å². The maximum atomic E-state index is 12.7. The third kappa shape index (κ3) is 1.63. The number of aldehydes is 1. The maximum Gasteiger partial charge on any atom is 0.224 e. The average molecular weight is 218 g/mol. The molecular weight excluding hydrogens is 213 g/mol. The number of aryl methyl sites for hydroxylation is 1.